The van der Waals surface area contributed by atoms with Gasteiger partial charge in [-0.2, -0.15) is 0 Å². The van der Waals surface area contributed by atoms with Crippen LogP contribution >= 0.6 is 0 Å². The Balaban J connectivity index is 2.14. The molecule has 0 aromatic heterocycles. The van der Waals surface area contributed by atoms with Crippen LogP contribution in [0.25, 0.3) is 0 Å². The lowest BCUT2D eigenvalue weighted by atomic mass is 9.92. The third-order valence-corrected chi connectivity index (χ3v) is 4.16. The van der Waals surface area contributed by atoms with E-state index in [4.69, 9.17) is 0 Å². The number of benzene rings is 1. The minimum Gasteiger partial charge on any atom is -0.406 e. The topological polar surface area (TPSA) is 82.7 Å². The third kappa shape index (κ3) is 5.55. The van der Waals surface area contributed by atoms with E-state index in [1.807, 2.05) is 0 Å². The summed E-state index contributed by atoms with van der Waals surface area (Å²) in [5, 5.41) is 8.24. The molecule has 2 atom stereocenters. The molecule has 0 aliphatic carbocycles. The van der Waals surface area contributed by atoms with Gasteiger partial charge < -0.3 is 15.4 Å². The molecule has 1 heterocycles. The number of carbonyl (C=O) groups is 2. The van der Waals surface area contributed by atoms with E-state index in [9.17, 15) is 27.2 Å². The van der Waals surface area contributed by atoms with Gasteiger partial charge >= 0.3 is 6.36 Å². The number of carbonyl (C=O) groups excluding carboxylic acids is 2. The molecular formula is C17H22F4N4O3. The zero-order valence-electron chi connectivity index (χ0n) is 15.8. The van der Waals surface area contributed by atoms with Gasteiger partial charge in [0, 0.05) is 11.6 Å². The van der Waals surface area contributed by atoms with Crippen LogP contribution in [0.5, 0.6) is 5.75 Å². The number of rotatable bonds is 5. The summed E-state index contributed by atoms with van der Waals surface area (Å²) in [6.07, 6.45) is -5.59. The van der Waals surface area contributed by atoms with Crippen LogP contribution in [0.1, 0.15) is 25.8 Å². The first-order chi connectivity index (χ1) is 12.8. The highest BCUT2D eigenvalue weighted by Gasteiger charge is 2.36. The number of nitrogens with one attached hydrogen (secondary N) is 3. The van der Waals surface area contributed by atoms with Crippen molar-refractivity contribution in [2.75, 3.05) is 14.1 Å². The summed E-state index contributed by atoms with van der Waals surface area (Å²) in [4.78, 5) is 26.1. The van der Waals surface area contributed by atoms with Crippen molar-refractivity contribution in [3.05, 3.63) is 29.6 Å². The van der Waals surface area contributed by atoms with E-state index in [1.165, 1.54) is 13.8 Å². The van der Waals surface area contributed by atoms with Crippen molar-refractivity contribution in [1.29, 1.82) is 0 Å². The first kappa shape index (κ1) is 21.9. The summed E-state index contributed by atoms with van der Waals surface area (Å²) in [5.41, 5.74) is -1.28. The number of alkyl halides is 3. The summed E-state index contributed by atoms with van der Waals surface area (Å²) in [6.45, 7) is 3.00. The fraction of sp³-hybridized carbons (Fsp3) is 0.529. The molecular weight excluding hydrogens is 384 g/mol. The number of nitrogens with zero attached hydrogens (tertiary/aromatic N) is 1. The Morgan fingerprint density at radius 2 is 1.93 bits per heavy atom. The molecule has 2 amide bonds. The molecule has 0 saturated carbocycles. The molecule has 1 saturated heterocycles. The summed E-state index contributed by atoms with van der Waals surface area (Å²) in [6, 6.07) is 1.83. The van der Waals surface area contributed by atoms with Crippen LogP contribution < -0.4 is 20.7 Å². The second kappa shape index (κ2) is 7.92. The highest BCUT2D eigenvalue weighted by atomic mass is 19.4. The normalized spacial score (nSPS) is 20.7. The zero-order chi connectivity index (χ0) is 21.3. The van der Waals surface area contributed by atoms with E-state index >= 15 is 0 Å². The fourth-order valence-electron chi connectivity index (χ4n) is 2.80. The molecule has 1 aliphatic heterocycles. The van der Waals surface area contributed by atoms with Crippen molar-refractivity contribution in [3.8, 4) is 5.75 Å². The van der Waals surface area contributed by atoms with Gasteiger partial charge in [-0.3, -0.25) is 19.8 Å². The molecule has 1 aromatic carbocycles. The maximum absolute atomic E-state index is 14.4. The van der Waals surface area contributed by atoms with Gasteiger partial charge in [-0.25, -0.2) is 4.39 Å². The number of halogens is 4. The van der Waals surface area contributed by atoms with Gasteiger partial charge in [0.1, 0.15) is 17.9 Å². The monoisotopic (exact) mass is 406 g/mol. The third-order valence-electron chi connectivity index (χ3n) is 4.16. The Morgan fingerprint density at radius 3 is 2.46 bits per heavy atom. The van der Waals surface area contributed by atoms with E-state index < -0.39 is 41.7 Å². The molecule has 1 aromatic rings. The van der Waals surface area contributed by atoms with Gasteiger partial charge in [0.2, 0.25) is 11.8 Å². The lowest BCUT2D eigenvalue weighted by Gasteiger charge is -2.36. The van der Waals surface area contributed by atoms with Crippen molar-refractivity contribution in [3.63, 3.8) is 0 Å². The lowest BCUT2D eigenvalue weighted by Crippen LogP contribution is -2.66. The molecule has 7 nitrogen and oxygen atoms in total. The molecule has 1 aliphatic rings. The lowest BCUT2D eigenvalue weighted by molar-refractivity contribution is -0.274. The first-order valence-electron chi connectivity index (χ1n) is 8.38. The second-order valence-corrected chi connectivity index (χ2v) is 7.16. The Hall–Kier alpha value is -2.40. The average Bonchev–Trinajstić information content (AvgIpc) is 2.51. The Morgan fingerprint density at radius 1 is 1.29 bits per heavy atom. The van der Waals surface area contributed by atoms with Gasteiger partial charge in [0.15, 0.2) is 0 Å². The molecule has 156 valence electrons. The van der Waals surface area contributed by atoms with Crippen LogP contribution in [0.4, 0.5) is 17.6 Å². The van der Waals surface area contributed by atoms with Crippen LogP contribution in [0.15, 0.2) is 18.2 Å². The fourth-order valence-corrected chi connectivity index (χ4v) is 2.80. The predicted molar refractivity (Wildman–Crippen MR) is 91.4 cm³/mol. The highest BCUT2D eigenvalue weighted by molar-refractivity contribution is 5.90. The van der Waals surface area contributed by atoms with E-state index in [1.54, 1.807) is 19.0 Å². The van der Waals surface area contributed by atoms with Gasteiger partial charge in [-0.05, 0) is 34.0 Å². The van der Waals surface area contributed by atoms with E-state index in [2.05, 4.69) is 20.7 Å². The van der Waals surface area contributed by atoms with Crippen LogP contribution in [-0.4, -0.2) is 49.5 Å². The molecule has 0 radical (unpaired) electrons. The number of amides is 2. The molecule has 2 unspecified atom stereocenters. The summed E-state index contributed by atoms with van der Waals surface area (Å²) in [5.74, 6) is -2.53. The van der Waals surface area contributed by atoms with E-state index in [0.29, 0.717) is 6.07 Å². The van der Waals surface area contributed by atoms with Crippen molar-refractivity contribution < 1.29 is 31.9 Å². The number of ether oxygens (including phenoxy) is 1. The van der Waals surface area contributed by atoms with Crippen molar-refractivity contribution in [2.45, 2.75) is 44.5 Å². The average molecular weight is 406 g/mol. The maximum Gasteiger partial charge on any atom is 0.573 e. The predicted octanol–water partition coefficient (Wildman–Crippen LogP) is 1.40. The smallest absolute Gasteiger partial charge is 0.406 e. The largest absolute Gasteiger partial charge is 0.573 e. The standard InChI is InChI=1S/C17H22F4N4O3/c1-16(2,10-6-5-9(7-11(10)18)28-17(19,20)21)24-14(27)12-8-13(26)23-15(22-12)25(3)4/h5-7,12,15,22H,8H2,1-4H3,(H,23,26)(H,24,27). The number of hydrogen-bond donors (Lipinski definition) is 3. The zero-order valence-corrected chi connectivity index (χ0v) is 15.8. The van der Waals surface area contributed by atoms with E-state index in [0.717, 1.165) is 12.1 Å². The summed E-state index contributed by atoms with van der Waals surface area (Å²) < 4.78 is 54.8. The molecule has 0 bridgehead atoms. The second-order valence-electron chi connectivity index (χ2n) is 7.16. The van der Waals surface area contributed by atoms with Crippen LogP contribution in [0, 0.1) is 5.82 Å². The maximum atomic E-state index is 14.4. The molecule has 2 rings (SSSR count). The van der Waals surface area contributed by atoms with Gasteiger partial charge in [0.25, 0.3) is 0 Å². The molecule has 1 fully saturated rings. The SMILES string of the molecule is CN(C)C1NC(=O)CC(C(=O)NC(C)(C)c2ccc(OC(F)(F)F)cc2F)N1. The minimum atomic E-state index is -4.94. The minimum absolute atomic E-state index is 0.0280. The summed E-state index contributed by atoms with van der Waals surface area (Å²) in [7, 11) is 3.42. The van der Waals surface area contributed by atoms with Crippen molar-refractivity contribution in [1.82, 2.24) is 20.9 Å². The molecule has 3 N–H and O–H groups in total. The molecule has 28 heavy (non-hydrogen) atoms. The molecule has 0 spiro atoms. The van der Waals surface area contributed by atoms with Crippen LogP contribution in [0.2, 0.25) is 0 Å². The first-order valence-corrected chi connectivity index (χ1v) is 8.38. The Labute approximate surface area is 159 Å². The van der Waals surface area contributed by atoms with Crippen molar-refractivity contribution >= 4 is 11.8 Å². The van der Waals surface area contributed by atoms with Gasteiger partial charge in [0.05, 0.1) is 18.0 Å². The van der Waals surface area contributed by atoms with Crippen LogP contribution in [-0.2, 0) is 15.1 Å². The Kier molecular flexibility index (Phi) is 6.19. The number of hydrogen-bond acceptors (Lipinski definition) is 5. The Bertz CT molecular complexity index is 752. The molecule has 11 heteroatoms. The highest BCUT2D eigenvalue weighted by Crippen LogP contribution is 2.29. The van der Waals surface area contributed by atoms with Crippen LogP contribution in [0.3, 0.4) is 0 Å². The van der Waals surface area contributed by atoms with Gasteiger partial charge in [-0.1, -0.05) is 6.07 Å². The van der Waals surface area contributed by atoms with Gasteiger partial charge in [-0.15, -0.1) is 13.2 Å². The van der Waals surface area contributed by atoms with E-state index in [-0.39, 0.29) is 17.9 Å². The summed E-state index contributed by atoms with van der Waals surface area (Å²) >= 11 is 0. The van der Waals surface area contributed by atoms with Crippen molar-refractivity contribution in [2.24, 2.45) is 0 Å². The quantitative estimate of drug-likeness (QED) is 0.644.